The first kappa shape index (κ1) is 13.5. The van der Waals surface area contributed by atoms with Gasteiger partial charge in [-0.25, -0.2) is 0 Å². The summed E-state index contributed by atoms with van der Waals surface area (Å²) >= 11 is 0. The van der Waals surface area contributed by atoms with Crippen LogP contribution >= 0.6 is 0 Å². The van der Waals surface area contributed by atoms with Crippen molar-refractivity contribution in [3.05, 3.63) is 0 Å². The molecule has 0 aromatic carbocycles. The van der Waals surface area contributed by atoms with Gasteiger partial charge >= 0.3 is 5.97 Å². The second-order valence-electron chi connectivity index (χ2n) is 5.76. The Morgan fingerprint density at radius 1 is 1.56 bits per heavy atom. The maximum absolute atomic E-state index is 11.5. The van der Waals surface area contributed by atoms with E-state index in [9.17, 15) is 4.79 Å². The van der Waals surface area contributed by atoms with Crippen molar-refractivity contribution in [2.45, 2.75) is 52.2 Å². The highest BCUT2D eigenvalue weighted by molar-refractivity contribution is 5.75. The van der Waals surface area contributed by atoms with Gasteiger partial charge in [0.05, 0.1) is 6.61 Å². The van der Waals surface area contributed by atoms with E-state index in [0.717, 1.165) is 19.3 Å². The fourth-order valence-corrected chi connectivity index (χ4v) is 2.67. The lowest BCUT2D eigenvalue weighted by atomic mass is 9.71. The Balaban J connectivity index is 2.51. The summed E-state index contributed by atoms with van der Waals surface area (Å²) in [6.07, 6.45) is 2.88. The van der Waals surface area contributed by atoms with E-state index in [1.54, 1.807) is 0 Å². The van der Waals surface area contributed by atoms with Crippen molar-refractivity contribution in [3.8, 4) is 0 Å². The smallest absolute Gasteiger partial charge is 0.325 e. The molecule has 4 nitrogen and oxygen atoms in total. The predicted octanol–water partition coefficient (Wildman–Crippen LogP) is 1.06. The van der Waals surface area contributed by atoms with Crippen LogP contribution in [-0.2, 0) is 9.53 Å². The summed E-state index contributed by atoms with van der Waals surface area (Å²) in [5, 5.41) is 8.76. The molecule has 0 radical (unpaired) electrons. The average Bonchev–Trinajstić information content (AvgIpc) is 2.12. The van der Waals surface area contributed by atoms with Crippen LogP contribution < -0.4 is 5.73 Å². The lowest BCUT2D eigenvalue weighted by Gasteiger charge is -2.38. The van der Waals surface area contributed by atoms with Gasteiger partial charge in [0.1, 0.15) is 12.1 Å². The normalized spacial score (nSPS) is 30.8. The Morgan fingerprint density at radius 2 is 2.19 bits per heavy atom. The second kappa shape index (κ2) is 5.15. The van der Waals surface area contributed by atoms with E-state index in [1.807, 2.05) is 0 Å². The van der Waals surface area contributed by atoms with Crippen LogP contribution in [0, 0.1) is 11.3 Å². The Hall–Kier alpha value is -0.610. The first-order valence-electron chi connectivity index (χ1n) is 5.91. The molecule has 1 aliphatic rings. The number of rotatable bonds is 3. The van der Waals surface area contributed by atoms with Crippen LogP contribution in [0.1, 0.15) is 40.0 Å². The molecule has 0 amide bonds. The number of nitrogens with two attached hydrogens (primary N) is 1. The molecule has 94 valence electrons. The molecular formula is C12H23NO3. The van der Waals surface area contributed by atoms with E-state index in [-0.39, 0.29) is 18.1 Å². The molecule has 16 heavy (non-hydrogen) atoms. The van der Waals surface area contributed by atoms with Crippen molar-refractivity contribution in [3.63, 3.8) is 0 Å². The van der Waals surface area contributed by atoms with Gasteiger partial charge < -0.3 is 15.6 Å². The van der Waals surface area contributed by atoms with Gasteiger partial charge in [-0.15, -0.1) is 0 Å². The standard InChI is InChI=1S/C12H23NO3/c1-8-4-9(6-12(2,3)5-8)16-11(15)10(13)7-14/h8-10,14H,4-7,13H2,1-3H3. The highest BCUT2D eigenvalue weighted by atomic mass is 16.5. The zero-order valence-corrected chi connectivity index (χ0v) is 10.4. The van der Waals surface area contributed by atoms with E-state index in [0.29, 0.717) is 5.92 Å². The SMILES string of the molecule is CC1CC(OC(=O)C(N)CO)CC(C)(C)C1. The van der Waals surface area contributed by atoms with Crippen LogP contribution in [0.15, 0.2) is 0 Å². The van der Waals surface area contributed by atoms with Crippen molar-refractivity contribution in [1.82, 2.24) is 0 Å². The first-order valence-corrected chi connectivity index (χ1v) is 5.91. The molecule has 0 aliphatic heterocycles. The maximum Gasteiger partial charge on any atom is 0.325 e. The Kier molecular flexibility index (Phi) is 4.33. The lowest BCUT2D eigenvalue weighted by Crippen LogP contribution is -2.41. The predicted molar refractivity (Wildman–Crippen MR) is 61.7 cm³/mol. The number of carbonyl (C=O) groups excluding carboxylic acids is 1. The molecular weight excluding hydrogens is 206 g/mol. The van der Waals surface area contributed by atoms with Gasteiger partial charge in [-0.1, -0.05) is 20.8 Å². The summed E-state index contributed by atoms with van der Waals surface area (Å²) in [6.45, 7) is 6.20. The zero-order valence-electron chi connectivity index (χ0n) is 10.4. The summed E-state index contributed by atoms with van der Waals surface area (Å²) in [5.41, 5.74) is 5.63. The molecule has 1 saturated carbocycles. The van der Waals surface area contributed by atoms with E-state index in [1.165, 1.54) is 0 Å². The molecule has 0 spiro atoms. The molecule has 1 aliphatic carbocycles. The summed E-state index contributed by atoms with van der Waals surface area (Å²) in [5.74, 6) is 0.0734. The number of hydrogen-bond donors (Lipinski definition) is 2. The van der Waals surface area contributed by atoms with E-state index >= 15 is 0 Å². The third-order valence-corrected chi connectivity index (χ3v) is 3.13. The highest BCUT2D eigenvalue weighted by Gasteiger charge is 2.34. The molecule has 0 aromatic heterocycles. The maximum atomic E-state index is 11.5. The molecule has 1 fully saturated rings. The number of hydrogen-bond acceptors (Lipinski definition) is 4. The topological polar surface area (TPSA) is 72.5 Å². The summed E-state index contributed by atoms with van der Waals surface area (Å²) in [6, 6.07) is -0.902. The van der Waals surface area contributed by atoms with Gasteiger partial charge in [0.25, 0.3) is 0 Å². The Bertz CT molecular complexity index is 253. The van der Waals surface area contributed by atoms with Crippen LogP contribution in [0.3, 0.4) is 0 Å². The van der Waals surface area contributed by atoms with Crippen LogP contribution in [0.2, 0.25) is 0 Å². The summed E-state index contributed by atoms with van der Waals surface area (Å²) in [7, 11) is 0. The van der Waals surface area contributed by atoms with Gasteiger partial charge in [-0.3, -0.25) is 4.79 Å². The zero-order chi connectivity index (χ0) is 12.3. The minimum atomic E-state index is -0.902. The van der Waals surface area contributed by atoms with Crippen LogP contribution in [0.5, 0.6) is 0 Å². The van der Waals surface area contributed by atoms with Crippen molar-refractivity contribution in [2.75, 3.05) is 6.61 Å². The molecule has 0 aromatic rings. The van der Waals surface area contributed by atoms with E-state index in [4.69, 9.17) is 15.6 Å². The van der Waals surface area contributed by atoms with Gasteiger partial charge in [-0.2, -0.15) is 0 Å². The minimum Gasteiger partial charge on any atom is -0.461 e. The largest absolute Gasteiger partial charge is 0.461 e. The lowest BCUT2D eigenvalue weighted by molar-refractivity contribution is -0.155. The van der Waals surface area contributed by atoms with Gasteiger partial charge in [0.15, 0.2) is 0 Å². The molecule has 0 saturated heterocycles. The first-order chi connectivity index (χ1) is 7.34. The molecule has 3 N–H and O–H groups in total. The number of aliphatic hydroxyl groups excluding tert-OH is 1. The quantitative estimate of drug-likeness (QED) is 0.710. The Morgan fingerprint density at radius 3 is 2.69 bits per heavy atom. The number of ether oxygens (including phenoxy) is 1. The van der Waals surface area contributed by atoms with Crippen LogP contribution in [0.25, 0.3) is 0 Å². The van der Waals surface area contributed by atoms with Crippen LogP contribution in [0.4, 0.5) is 0 Å². The summed E-state index contributed by atoms with van der Waals surface area (Å²) < 4.78 is 5.33. The third-order valence-electron chi connectivity index (χ3n) is 3.13. The minimum absolute atomic E-state index is 0.0520. The monoisotopic (exact) mass is 229 g/mol. The Labute approximate surface area is 97.2 Å². The van der Waals surface area contributed by atoms with Crippen LogP contribution in [-0.4, -0.2) is 29.8 Å². The van der Waals surface area contributed by atoms with Gasteiger partial charge in [0, 0.05) is 0 Å². The number of esters is 1. The van der Waals surface area contributed by atoms with Crippen molar-refractivity contribution in [2.24, 2.45) is 17.1 Å². The van der Waals surface area contributed by atoms with E-state index in [2.05, 4.69) is 20.8 Å². The second-order valence-corrected chi connectivity index (χ2v) is 5.76. The van der Waals surface area contributed by atoms with Crippen molar-refractivity contribution < 1.29 is 14.6 Å². The summed E-state index contributed by atoms with van der Waals surface area (Å²) in [4.78, 5) is 11.5. The van der Waals surface area contributed by atoms with Crippen molar-refractivity contribution in [1.29, 1.82) is 0 Å². The fraction of sp³-hybridized carbons (Fsp3) is 0.917. The third kappa shape index (κ3) is 3.76. The molecule has 0 bridgehead atoms. The molecule has 3 atom stereocenters. The molecule has 3 unspecified atom stereocenters. The molecule has 0 heterocycles. The molecule has 4 heteroatoms. The average molecular weight is 229 g/mol. The van der Waals surface area contributed by atoms with E-state index < -0.39 is 12.0 Å². The van der Waals surface area contributed by atoms with Crippen molar-refractivity contribution >= 4 is 5.97 Å². The highest BCUT2D eigenvalue weighted by Crippen LogP contribution is 2.39. The number of carbonyl (C=O) groups is 1. The molecule has 1 rings (SSSR count). The van der Waals surface area contributed by atoms with Gasteiger partial charge in [0.2, 0.25) is 0 Å². The van der Waals surface area contributed by atoms with Gasteiger partial charge in [-0.05, 0) is 30.6 Å². The number of aliphatic hydroxyl groups is 1. The fourth-order valence-electron chi connectivity index (χ4n) is 2.67.